The van der Waals surface area contributed by atoms with Crippen molar-refractivity contribution in [2.45, 2.75) is 0 Å². The molecule has 0 aliphatic carbocycles. The Labute approximate surface area is 651 Å². The highest BCUT2D eigenvalue weighted by Crippen LogP contribution is 2.63. The average Bonchev–Trinajstić information content (AvgIpc) is 0.705. The monoisotopic (exact) mass is 1420 g/mol. The molecule has 112 heavy (non-hydrogen) atoms. The molecule has 0 aliphatic heterocycles. The predicted molar refractivity (Wildman–Crippen MR) is 475 cm³/mol. The van der Waals surface area contributed by atoms with Crippen molar-refractivity contribution in [3.05, 3.63) is 437 Å². The highest BCUT2D eigenvalue weighted by molar-refractivity contribution is 6.31. The fourth-order valence-electron chi connectivity index (χ4n) is 18.4. The van der Waals surface area contributed by atoms with Gasteiger partial charge in [-0.2, -0.15) is 0 Å². The molecule has 0 fully saturated rings. The summed E-state index contributed by atoms with van der Waals surface area (Å²) in [6, 6.07) is 163. The van der Waals surface area contributed by atoms with Gasteiger partial charge < -0.3 is 9.13 Å². The van der Waals surface area contributed by atoms with Crippen LogP contribution in [-0.4, -0.2) is 9.13 Å². The maximum Gasteiger partial charge on any atom is 0.0541 e. The highest BCUT2D eigenvalue weighted by atomic mass is 15.0. The minimum absolute atomic E-state index is 1.05. The van der Waals surface area contributed by atoms with Crippen LogP contribution in [0, 0.1) is 0 Å². The molecule has 2 aromatic heterocycles. The first-order valence-electron chi connectivity index (χ1n) is 38.7. The third-order valence-electron chi connectivity index (χ3n) is 22.9. The zero-order chi connectivity index (χ0) is 74.0. The largest absolute Gasteiger partial charge is 0.309 e. The van der Waals surface area contributed by atoms with Gasteiger partial charge in [-0.15, -0.1) is 0 Å². The average molecular weight is 1420 g/mol. The van der Waals surface area contributed by atoms with Gasteiger partial charge in [0.25, 0.3) is 0 Å². The van der Waals surface area contributed by atoms with E-state index >= 15 is 0 Å². The Bertz CT molecular complexity index is 6390. The number of rotatable bonds is 14. The van der Waals surface area contributed by atoms with E-state index in [1.165, 1.54) is 21.5 Å². The minimum Gasteiger partial charge on any atom is -0.309 e. The van der Waals surface area contributed by atoms with E-state index in [2.05, 4.69) is 446 Å². The van der Waals surface area contributed by atoms with Gasteiger partial charge in [0.15, 0.2) is 0 Å². The number of hydrogen-bond donors (Lipinski definition) is 0. The van der Waals surface area contributed by atoms with Crippen molar-refractivity contribution in [2.75, 3.05) is 0 Å². The summed E-state index contributed by atoms with van der Waals surface area (Å²) in [6.07, 6.45) is 0. The van der Waals surface area contributed by atoms with Gasteiger partial charge in [0.2, 0.25) is 0 Å². The normalized spacial score (nSPS) is 11.6. The standard InChI is InChI=1S/C110H72N2/c1-11-39-73(40-12-1)97-99(75-43-15-3-16-44-75)103(79-51-23-7-24-52-79)109(104(80-53-25-8-26-54-80)100(97)76-45-17-4-18-46-76)107-89-69-67-84(112-95-65-37-33-61-87(95)88-62-34-38-66-96(88)112)72-92(89)108(90-70-68-83(71-91(90)107)111-93-63-35-31-59-85(93)86-60-32-36-64-94(86)111)110-105(81-55-27-9-28-56-81)101(77-47-19-5-20-48-77)98(74-41-13-2-14-42-74)102(78-49-21-6-22-50-78)106(110)82-57-29-10-30-58-82/h1-72H. The van der Waals surface area contributed by atoms with E-state index in [0.717, 1.165) is 189 Å². The first-order chi connectivity index (χ1) is 55.7. The van der Waals surface area contributed by atoms with E-state index in [0.29, 0.717) is 0 Å². The van der Waals surface area contributed by atoms with E-state index in [1.807, 2.05) is 0 Å². The lowest BCUT2D eigenvalue weighted by Crippen LogP contribution is -2.05. The van der Waals surface area contributed by atoms with Crippen molar-refractivity contribution in [3.8, 4) is 145 Å². The summed E-state index contributed by atoms with van der Waals surface area (Å²) in [4.78, 5) is 0. The van der Waals surface area contributed by atoms with Crippen LogP contribution in [0.2, 0.25) is 0 Å². The van der Waals surface area contributed by atoms with Gasteiger partial charge in [0, 0.05) is 32.9 Å². The van der Waals surface area contributed by atoms with E-state index in [1.54, 1.807) is 0 Å². The first-order valence-corrected chi connectivity index (χ1v) is 38.7. The zero-order valence-corrected chi connectivity index (χ0v) is 61.5. The Hall–Kier alpha value is -14.7. The molecule has 0 amide bonds. The number of hydrogen-bond acceptors (Lipinski definition) is 0. The van der Waals surface area contributed by atoms with E-state index < -0.39 is 0 Å². The molecular formula is C110H72N2. The number of fused-ring (bicyclic) bond motifs is 8. The zero-order valence-electron chi connectivity index (χ0n) is 61.5. The molecule has 19 aromatic carbocycles. The van der Waals surface area contributed by atoms with Gasteiger partial charge >= 0.3 is 0 Å². The van der Waals surface area contributed by atoms with Gasteiger partial charge in [-0.3, -0.25) is 0 Å². The first kappa shape index (κ1) is 65.6. The third kappa shape index (κ3) is 10.9. The smallest absolute Gasteiger partial charge is 0.0541 e. The van der Waals surface area contributed by atoms with Crippen LogP contribution in [-0.2, 0) is 0 Å². The maximum absolute atomic E-state index is 2.57. The maximum atomic E-state index is 2.57. The molecule has 0 bridgehead atoms. The minimum atomic E-state index is 1.05. The summed E-state index contributed by atoms with van der Waals surface area (Å²) < 4.78 is 5.03. The van der Waals surface area contributed by atoms with Crippen LogP contribution in [0.25, 0.3) is 210 Å². The predicted octanol–water partition coefficient (Wildman–Crippen LogP) is 30.2. The van der Waals surface area contributed by atoms with Crippen molar-refractivity contribution in [3.63, 3.8) is 0 Å². The van der Waals surface area contributed by atoms with Gasteiger partial charge in [0.1, 0.15) is 0 Å². The molecule has 0 atom stereocenters. The second-order valence-electron chi connectivity index (χ2n) is 29.1. The Morgan fingerprint density at radius 2 is 0.268 bits per heavy atom. The Balaban J connectivity index is 1.09. The molecule has 0 unspecified atom stereocenters. The summed E-state index contributed by atoms with van der Waals surface area (Å²) in [5.41, 5.74) is 33.7. The summed E-state index contributed by atoms with van der Waals surface area (Å²) in [5, 5.41) is 9.18. The van der Waals surface area contributed by atoms with Gasteiger partial charge in [-0.25, -0.2) is 0 Å². The van der Waals surface area contributed by atoms with Crippen LogP contribution in [0.4, 0.5) is 0 Å². The molecule has 0 spiro atoms. The van der Waals surface area contributed by atoms with E-state index in [9.17, 15) is 0 Å². The van der Waals surface area contributed by atoms with Crippen molar-refractivity contribution in [1.82, 2.24) is 9.13 Å². The molecule has 0 saturated carbocycles. The summed E-state index contributed by atoms with van der Waals surface area (Å²) in [6.45, 7) is 0. The molecule has 2 heteroatoms. The van der Waals surface area contributed by atoms with Crippen molar-refractivity contribution in [1.29, 1.82) is 0 Å². The molecule has 21 aromatic rings. The van der Waals surface area contributed by atoms with Crippen molar-refractivity contribution < 1.29 is 0 Å². The van der Waals surface area contributed by atoms with Crippen LogP contribution in [0.1, 0.15) is 0 Å². The SMILES string of the molecule is c1ccc(-c2c(-c3ccccc3)c(-c3ccccc3)c(-c3c4ccc(-n5c6ccccc6c6ccccc65)cc4c(-c4c(-c5ccccc5)c(-c5ccccc5)c(-c5ccccc5)c(-c5ccccc5)c4-c4ccccc4)c4ccc(-n5c6ccccc6c6ccccc65)cc34)c(-c3ccccc3)c2-c2ccccc2)cc1. The molecule has 0 radical (unpaired) electrons. The lowest BCUT2D eigenvalue weighted by atomic mass is 9.71. The summed E-state index contributed by atoms with van der Waals surface area (Å²) in [5.74, 6) is 0. The molecular weight excluding hydrogens is 1350 g/mol. The number of aromatic nitrogens is 2. The number of nitrogens with zero attached hydrogens (tertiary/aromatic N) is 2. The van der Waals surface area contributed by atoms with Crippen LogP contribution >= 0.6 is 0 Å². The lowest BCUT2D eigenvalue weighted by molar-refractivity contribution is 1.18. The molecule has 21 rings (SSSR count). The summed E-state index contributed by atoms with van der Waals surface area (Å²) in [7, 11) is 0. The lowest BCUT2D eigenvalue weighted by Gasteiger charge is -2.32. The van der Waals surface area contributed by atoms with Crippen LogP contribution in [0.15, 0.2) is 437 Å². The summed E-state index contributed by atoms with van der Waals surface area (Å²) >= 11 is 0. The molecule has 522 valence electrons. The molecule has 2 nitrogen and oxygen atoms in total. The number of para-hydroxylation sites is 4. The Morgan fingerprint density at radius 3 is 0.455 bits per heavy atom. The molecule has 2 heterocycles. The quantitative estimate of drug-likeness (QED) is 0.0961. The Kier molecular flexibility index (Phi) is 16.3. The van der Waals surface area contributed by atoms with E-state index in [-0.39, 0.29) is 0 Å². The van der Waals surface area contributed by atoms with Crippen LogP contribution < -0.4 is 0 Å². The second-order valence-corrected chi connectivity index (χ2v) is 29.1. The number of benzene rings is 19. The van der Waals surface area contributed by atoms with Crippen molar-refractivity contribution in [2.24, 2.45) is 0 Å². The fourth-order valence-corrected chi connectivity index (χ4v) is 18.4. The van der Waals surface area contributed by atoms with Crippen LogP contribution in [0.3, 0.4) is 0 Å². The fraction of sp³-hybridized carbons (Fsp3) is 0. The van der Waals surface area contributed by atoms with Gasteiger partial charge in [-0.1, -0.05) is 388 Å². The highest BCUT2D eigenvalue weighted by Gasteiger charge is 2.36. The molecule has 0 N–H and O–H groups in total. The topological polar surface area (TPSA) is 9.86 Å². The Morgan fingerprint density at radius 1 is 0.107 bits per heavy atom. The molecule has 0 aliphatic rings. The molecule has 0 saturated heterocycles. The van der Waals surface area contributed by atoms with Crippen LogP contribution in [0.5, 0.6) is 0 Å². The van der Waals surface area contributed by atoms with Gasteiger partial charge in [0.05, 0.1) is 22.1 Å². The van der Waals surface area contributed by atoms with Gasteiger partial charge in [-0.05, 0) is 204 Å². The van der Waals surface area contributed by atoms with E-state index in [4.69, 9.17) is 0 Å². The van der Waals surface area contributed by atoms with Crippen molar-refractivity contribution >= 4 is 65.2 Å². The third-order valence-corrected chi connectivity index (χ3v) is 22.9. The second kappa shape index (κ2) is 27.8.